The SMILES string of the molecule is CC(C)c1cc[c-](C(C)C)p1.CC(C)c1cc[c-](C(C)C)p1.[Cl][Zr+2][Cl]. The number of halogens is 2. The molecule has 0 aliphatic carbocycles. The fourth-order valence-corrected chi connectivity index (χ4v) is 4.30. The Bertz CT molecular complexity index is 477. The minimum absolute atomic E-state index is 0.712. The van der Waals surface area contributed by atoms with Crippen LogP contribution in [-0.4, -0.2) is 0 Å². The normalized spacial score (nSPS) is 11.1. The molecule has 0 atom stereocenters. The van der Waals surface area contributed by atoms with Crippen LogP contribution in [0.1, 0.15) is 100 Å². The molecule has 140 valence electrons. The van der Waals surface area contributed by atoms with E-state index in [-0.39, 0.29) is 0 Å². The molecule has 0 nitrogen and oxygen atoms in total. The van der Waals surface area contributed by atoms with Gasteiger partial charge in [0.2, 0.25) is 0 Å². The third kappa shape index (κ3) is 10.8. The molecule has 0 saturated heterocycles. The van der Waals surface area contributed by atoms with Crippen molar-refractivity contribution < 1.29 is 20.8 Å². The maximum atomic E-state index is 4.93. The van der Waals surface area contributed by atoms with E-state index in [0.717, 1.165) is 0 Å². The van der Waals surface area contributed by atoms with Crippen molar-refractivity contribution in [2.45, 2.75) is 79.1 Å². The molecule has 0 aliphatic rings. The van der Waals surface area contributed by atoms with Crippen LogP contribution in [0.5, 0.6) is 0 Å². The predicted octanol–water partition coefficient (Wildman–Crippen LogP) is 9.84. The Morgan fingerprint density at radius 3 is 1.12 bits per heavy atom. The van der Waals surface area contributed by atoms with Gasteiger partial charge in [-0.15, -0.1) is 10.6 Å². The molecule has 0 aliphatic heterocycles. The van der Waals surface area contributed by atoms with Crippen LogP contribution < -0.4 is 0 Å². The van der Waals surface area contributed by atoms with Gasteiger partial charge in [0.25, 0.3) is 0 Å². The number of hydrogen-bond donors (Lipinski definition) is 0. The molecule has 25 heavy (non-hydrogen) atoms. The monoisotopic (exact) mass is 494 g/mol. The molecular weight excluding hydrogens is 464 g/mol. The van der Waals surface area contributed by atoms with Crippen molar-refractivity contribution in [3.8, 4) is 0 Å². The van der Waals surface area contributed by atoms with Crippen LogP contribution in [0.15, 0.2) is 24.3 Å². The molecule has 0 unspecified atom stereocenters. The first-order chi connectivity index (χ1) is 11.6. The van der Waals surface area contributed by atoms with Crippen molar-refractivity contribution in [2.75, 3.05) is 0 Å². The summed E-state index contributed by atoms with van der Waals surface area (Å²) in [7, 11) is 12.8. The maximum absolute atomic E-state index is 4.93. The molecular formula is C20H32Cl2P2Zr. The number of hydrogen-bond acceptors (Lipinski definition) is 0. The standard InChI is InChI=1S/2C10H16P.2ClH.Zr/c2*1-7(2)9-5-6-10(11-9)8(3)4;;;/h2*5-8H,1-4H3;2*1H;/q2*-1;;;+4/p-2. The van der Waals surface area contributed by atoms with E-state index in [4.69, 9.17) is 17.0 Å². The Labute approximate surface area is 177 Å². The van der Waals surface area contributed by atoms with Crippen molar-refractivity contribution in [3.05, 3.63) is 45.4 Å². The van der Waals surface area contributed by atoms with Gasteiger partial charge in [-0.1, -0.05) is 79.1 Å². The molecule has 0 radical (unpaired) electrons. The summed E-state index contributed by atoms with van der Waals surface area (Å²) >= 11 is -0.826. The van der Waals surface area contributed by atoms with Gasteiger partial charge >= 0.3 is 37.9 Å². The van der Waals surface area contributed by atoms with Crippen LogP contribution in [0, 0.1) is 0 Å². The molecule has 0 aromatic carbocycles. The van der Waals surface area contributed by atoms with E-state index in [1.165, 1.54) is 16.4 Å². The zero-order valence-corrected chi connectivity index (χ0v) is 22.5. The topological polar surface area (TPSA) is 0 Å². The fourth-order valence-electron chi connectivity index (χ4n) is 2.07. The van der Waals surface area contributed by atoms with Crippen molar-refractivity contribution in [2.24, 2.45) is 0 Å². The van der Waals surface area contributed by atoms with Crippen molar-refractivity contribution in [1.29, 1.82) is 0 Å². The van der Waals surface area contributed by atoms with E-state index in [1.54, 1.807) is 21.2 Å². The fraction of sp³-hybridized carbons (Fsp3) is 0.600. The Morgan fingerprint density at radius 2 is 1.00 bits per heavy atom. The average molecular weight is 497 g/mol. The van der Waals surface area contributed by atoms with E-state index < -0.39 is 20.8 Å². The first-order valence-electron chi connectivity index (χ1n) is 8.87. The zero-order valence-electron chi connectivity index (χ0n) is 16.8. The van der Waals surface area contributed by atoms with Crippen LogP contribution in [-0.2, 0) is 20.8 Å². The second kappa shape index (κ2) is 14.1. The summed E-state index contributed by atoms with van der Waals surface area (Å²) in [6.07, 6.45) is 0. The van der Waals surface area contributed by atoms with Gasteiger partial charge in [-0.05, 0) is 0 Å². The molecule has 5 heteroatoms. The number of rotatable bonds is 4. The molecule has 0 spiro atoms. The van der Waals surface area contributed by atoms with E-state index in [1.807, 2.05) is 0 Å². The molecule has 2 aromatic rings. The van der Waals surface area contributed by atoms with Crippen LogP contribution in [0.4, 0.5) is 0 Å². The van der Waals surface area contributed by atoms with E-state index in [0.29, 0.717) is 23.7 Å². The summed E-state index contributed by atoms with van der Waals surface area (Å²) in [5, 5.41) is 6.25. The molecule has 2 heterocycles. The molecule has 0 N–H and O–H groups in total. The Morgan fingerprint density at radius 1 is 0.720 bits per heavy atom. The van der Waals surface area contributed by atoms with Gasteiger partial charge in [-0.2, -0.15) is 22.7 Å². The Balaban J connectivity index is 0.000000399. The molecule has 0 amide bonds. The van der Waals surface area contributed by atoms with Crippen molar-refractivity contribution in [3.63, 3.8) is 0 Å². The summed E-state index contributed by atoms with van der Waals surface area (Å²) in [4.78, 5) is 0. The molecule has 0 saturated carbocycles. The summed E-state index contributed by atoms with van der Waals surface area (Å²) in [5.74, 6) is 2.85. The van der Waals surface area contributed by atoms with Crippen LogP contribution in [0.2, 0.25) is 0 Å². The molecule has 0 bridgehead atoms. The van der Waals surface area contributed by atoms with Gasteiger partial charge < -0.3 is 0 Å². The van der Waals surface area contributed by atoms with E-state index in [2.05, 4.69) is 79.7 Å². The predicted molar refractivity (Wildman–Crippen MR) is 117 cm³/mol. The quantitative estimate of drug-likeness (QED) is 0.370. The van der Waals surface area contributed by atoms with Gasteiger partial charge in [-0.25, -0.2) is 28.5 Å². The van der Waals surface area contributed by atoms with Gasteiger partial charge in [0.1, 0.15) is 0 Å². The van der Waals surface area contributed by atoms with Crippen LogP contribution in [0.25, 0.3) is 0 Å². The van der Waals surface area contributed by atoms with Gasteiger partial charge in [0, 0.05) is 0 Å². The molecule has 2 aromatic heterocycles. The second-order valence-corrected chi connectivity index (χ2v) is 13.5. The molecule has 2 rings (SSSR count). The Hall–Kier alpha value is 1.02. The van der Waals surface area contributed by atoms with E-state index in [9.17, 15) is 0 Å². The van der Waals surface area contributed by atoms with Crippen LogP contribution in [0.3, 0.4) is 0 Å². The summed E-state index contributed by atoms with van der Waals surface area (Å²) in [5.41, 5.74) is 0. The average Bonchev–Trinajstić information content (AvgIpc) is 3.18. The summed E-state index contributed by atoms with van der Waals surface area (Å²) < 4.78 is 0. The summed E-state index contributed by atoms with van der Waals surface area (Å²) in [6, 6.07) is 9.12. The van der Waals surface area contributed by atoms with Crippen LogP contribution >= 0.6 is 33.4 Å². The summed E-state index contributed by atoms with van der Waals surface area (Å²) in [6.45, 7) is 18.1. The van der Waals surface area contributed by atoms with Gasteiger partial charge in [-0.3, -0.25) is 0 Å². The van der Waals surface area contributed by atoms with E-state index >= 15 is 0 Å². The minimum atomic E-state index is -0.826. The third-order valence-electron chi connectivity index (χ3n) is 3.73. The van der Waals surface area contributed by atoms with Crippen molar-refractivity contribution >= 4 is 33.4 Å². The third-order valence-corrected chi connectivity index (χ3v) is 7.43. The first kappa shape index (κ1) is 26.0. The molecule has 0 fully saturated rings. The Kier molecular flexibility index (Phi) is 14.7. The first-order valence-corrected chi connectivity index (χ1v) is 17.0. The van der Waals surface area contributed by atoms with Gasteiger partial charge in [0.15, 0.2) is 0 Å². The second-order valence-electron chi connectivity index (χ2n) is 7.28. The van der Waals surface area contributed by atoms with Gasteiger partial charge in [0.05, 0.1) is 0 Å². The van der Waals surface area contributed by atoms with Crippen molar-refractivity contribution in [1.82, 2.24) is 0 Å². The zero-order chi connectivity index (χ0) is 19.6.